The summed E-state index contributed by atoms with van der Waals surface area (Å²) in [7, 11) is 0. The number of nitrogens with zero attached hydrogens (tertiary/aromatic N) is 4. The van der Waals surface area contributed by atoms with Crippen LogP contribution in [0.2, 0.25) is 0 Å². The second-order valence-corrected chi connectivity index (χ2v) is 5.84. The molecule has 6 nitrogen and oxygen atoms in total. The van der Waals surface area contributed by atoms with Crippen LogP contribution in [0.25, 0.3) is 11.5 Å². The Morgan fingerprint density at radius 3 is 2.88 bits per heavy atom. The number of amides is 1. The minimum absolute atomic E-state index is 0.0684. The van der Waals surface area contributed by atoms with E-state index in [1.807, 2.05) is 41.3 Å². The summed E-state index contributed by atoms with van der Waals surface area (Å²) >= 11 is 1.56. The molecular weight excluding hydrogens is 322 g/mol. The lowest BCUT2D eigenvalue weighted by atomic mass is 10.2. The van der Waals surface area contributed by atoms with Gasteiger partial charge in [-0.3, -0.25) is 9.78 Å². The predicted octanol–water partition coefficient (Wildman–Crippen LogP) is 2.49. The van der Waals surface area contributed by atoms with Crippen LogP contribution < -0.4 is 5.32 Å². The number of benzene rings is 1. The monoisotopic (exact) mass is 339 g/mol. The highest BCUT2D eigenvalue weighted by Gasteiger charge is 2.11. The number of nitrogens with one attached hydrogen (secondary N) is 1. The number of carbonyl (C=O) groups excluding carboxylic acids is 1. The van der Waals surface area contributed by atoms with E-state index in [1.54, 1.807) is 36.5 Å². The summed E-state index contributed by atoms with van der Waals surface area (Å²) in [6, 6.07) is 7.59. The molecule has 1 aromatic carbocycles. The maximum absolute atomic E-state index is 12.3. The van der Waals surface area contributed by atoms with Gasteiger partial charge in [0.2, 0.25) is 0 Å². The van der Waals surface area contributed by atoms with Crippen LogP contribution in [0.5, 0.6) is 0 Å². The second-order valence-electron chi connectivity index (χ2n) is 4.99. The number of thioether (sulfide) groups is 1. The fourth-order valence-corrected chi connectivity index (χ4v) is 2.95. The van der Waals surface area contributed by atoms with Gasteiger partial charge in [-0.05, 0) is 18.4 Å². The van der Waals surface area contributed by atoms with Gasteiger partial charge in [0.05, 0.1) is 11.8 Å². The van der Waals surface area contributed by atoms with E-state index in [9.17, 15) is 4.79 Å². The van der Waals surface area contributed by atoms with Crippen molar-refractivity contribution in [2.45, 2.75) is 11.4 Å². The number of hydrogen-bond acceptors (Lipinski definition) is 5. The molecule has 0 saturated heterocycles. The van der Waals surface area contributed by atoms with Crippen molar-refractivity contribution in [3.05, 3.63) is 60.8 Å². The van der Waals surface area contributed by atoms with Gasteiger partial charge in [0.25, 0.3) is 5.91 Å². The number of imidazole rings is 1. The van der Waals surface area contributed by atoms with Crippen LogP contribution in [0.3, 0.4) is 0 Å². The van der Waals surface area contributed by atoms with Crippen molar-refractivity contribution in [3.8, 4) is 11.5 Å². The van der Waals surface area contributed by atoms with Crippen molar-refractivity contribution in [2.24, 2.45) is 0 Å². The zero-order valence-electron chi connectivity index (χ0n) is 13.2. The molecule has 2 heterocycles. The minimum atomic E-state index is -0.0684. The highest BCUT2D eigenvalue weighted by molar-refractivity contribution is 7.98. The Morgan fingerprint density at radius 2 is 2.08 bits per heavy atom. The smallest absolute Gasteiger partial charge is 0.252 e. The topological polar surface area (TPSA) is 72.7 Å². The standard InChI is InChI=1S/C17H17N5OS/c1-24-15-5-3-2-4-13(15)17(23)21-9-11-22-10-8-20-16(22)14-12-18-6-7-19-14/h2-8,10,12H,9,11H2,1H3,(H,21,23). The van der Waals surface area contributed by atoms with Crippen LogP contribution in [0.1, 0.15) is 10.4 Å². The minimum Gasteiger partial charge on any atom is -0.350 e. The predicted molar refractivity (Wildman–Crippen MR) is 93.8 cm³/mol. The summed E-state index contributed by atoms with van der Waals surface area (Å²) in [6.45, 7) is 1.12. The molecule has 0 aliphatic rings. The molecule has 0 aliphatic heterocycles. The van der Waals surface area contributed by atoms with Gasteiger partial charge in [-0.2, -0.15) is 0 Å². The maximum Gasteiger partial charge on any atom is 0.252 e. The van der Waals surface area contributed by atoms with Gasteiger partial charge in [0.1, 0.15) is 5.69 Å². The highest BCUT2D eigenvalue weighted by Crippen LogP contribution is 2.19. The molecule has 0 aliphatic carbocycles. The Bertz CT molecular complexity index is 819. The third kappa shape index (κ3) is 3.62. The largest absolute Gasteiger partial charge is 0.350 e. The zero-order valence-corrected chi connectivity index (χ0v) is 14.0. The molecule has 1 N–H and O–H groups in total. The van der Waals surface area contributed by atoms with Gasteiger partial charge >= 0.3 is 0 Å². The quantitative estimate of drug-likeness (QED) is 0.699. The van der Waals surface area contributed by atoms with Crippen molar-refractivity contribution >= 4 is 17.7 Å². The number of rotatable bonds is 6. The van der Waals surface area contributed by atoms with Gasteiger partial charge < -0.3 is 9.88 Å². The number of aromatic nitrogens is 4. The van der Waals surface area contributed by atoms with E-state index in [1.165, 1.54) is 0 Å². The molecule has 0 atom stereocenters. The molecule has 0 spiro atoms. The van der Waals surface area contributed by atoms with Gasteiger partial charge in [0.15, 0.2) is 5.82 Å². The third-order valence-corrected chi connectivity index (χ3v) is 4.29. The summed E-state index contributed by atoms with van der Waals surface area (Å²) < 4.78 is 1.95. The SMILES string of the molecule is CSc1ccccc1C(=O)NCCn1ccnc1-c1cnccn1. The first-order valence-electron chi connectivity index (χ1n) is 7.48. The average Bonchev–Trinajstić information content (AvgIpc) is 3.11. The van der Waals surface area contributed by atoms with E-state index < -0.39 is 0 Å². The Kier molecular flexibility index (Phi) is 5.22. The Balaban J connectivity index is 1.64. The lowest BCUT2D eigenvalue weighted by Crippen LogP contribution is -2.27. The number of hydrogen-bond donors (Lipinski definition) is 1. The first-order valence-corrected chi connectivity index (χ1v) is 8.71. The van der Waals surface area contributed by atoms with E-state index in [0.29, 0.717) is 24.3 Å². The zero-order chi connectivity index (χ0) is 16.8. The van der Waals surface area contributed by atoms with Crippen molar-refractivity contribution in [3.63, 3.8) is 0 Å². The van der Waals surface area contributed by atoms with Crippen LogP contribution in [0.15, 0.2) is 60.1 Å². The summed E-state index contributed by atoms with van der Waals surface area (Å²) in [4.78, 5) is 25.9. The van der Waals surface area contributed by atoms with E-state index in [2.05, 4.69) is 20.3 Å². The molecule has 0 saturated carbocycles. The van der Waals surface area contributed by atoms with Crippen LogP contribution in [0.4, 0.5) is 0 Å². The van der Waals surface area contributed by atoms with Gasteiger partial charge in [-0.1, -0.05) is 12.1 Å². The van der Waals surface area contributed by atoms with Crippen molar-refractivity contribution in [2.75, 3.05) is 12.8 Å². The average molecular weight is 339 g/mol. The number of carbonyl (C=O) groups is 1. The van der Waals surface area contributed by atoms with E-state index in [-0.39, 0.29) is 5.91 Å². The Morgan fingerprint density at radius 1 is 1.21 bits per heavy atom. The van der Waals surface area contributed by atoms with E-state index in [4.69, 9.17) is 0 Å². The summed E-state index contributed by atoms with van der Waals surface area (Å²) in [5, 5.41) is 2.95. The maximum atomic E-state index is 12.3. The van der Waals surface area contributed by atoms with E-state index in [0.717, 1.165) is 10.7 Å². The first-order chi connectivity index (χ1) is 11.8. The third-order valence-electron chi connectivity index (χ3n) is 3.50. The first kappa shape index (κ1) is 16.2. The van der Waals surface area contributed by atoms with Crippen LogP contribution in [-0.4, -0.2) is 38.2 Å². The fraction of sp³-hybridized carbons (Fsp3) is 0.176. The summed E-state index contributed by atoms with van der Waals surface area (Å²) in [6.07, 6.45) is 10.5. The molecule has 122 valence electrons. The van der Waals surface area contributed by atoms with Gasteiger partial charge in [-0.15, -0.1) is 11.8 Å². The summed E-state index contributed by atoms with van der Waals surface area (Å²) in [5.41, 5.74) is 1.41. The van der Waals surface area contributed by atoms with Crippen molar-refractivity contribution in [1.82, 2.24) is 24.8 Å². The van der Waals surface area contributed by atoms with Crippen LogP contribution in [0, 0.1) is 0 Å². The molecule has 2 aromatic heterocycles. The lowest BCUT2D eigenvalue weighted by molar-refractivity contribution is 0.0949. The Labute approximate surface area is 144 Å². The normalized spacial score (nSPS) is 10.5. The molecule has 0 bridgehead atoms. The molecule has 24 heavy (non-hydrogen) atoms. The second kappa shape index (κ2) is 7.74. The van der Waals surface area contributed by atoms with Crippen LogP contribution >= 0.6 is 11.8 Å². The molecule has 0 unspecified atom stereocenters. The van der Waals surface area contributed by atoms with Crippen molar-refractivity contribution < 1.29 is 4.79 Å². The fourth-order valence-electron chi connectivity index (χ4n) is 2.35. The molecule has 1 amide bonds. The van der Waals surface area contributed by atoms with Gasteiger partial charge in [-0.25, -0.2) is 9.97 Å². The van der Waals surface area contributed by atoms with Crippen molar-refractivity contribution in [1.29, 1.82) is 0 Å². The molecule has 0 fully saturated rings. The molecular formula is C17H17N5OS. The summed E-state index contributed by atoms with van der Waals surface area (Å²) in [5.74, 6) is 0.669. The molecule has 7 heteroatoms. The highest BCUT2D eigenvalue weighted by atomic mass is 32.2. The Hall–Kier alpha value is -2.67. The molecule has 3 rings (SSSR count). The van der Waals surface area contributed by atoms with E-state index >= 15 is 0 Å². The molecule has 3 aromatic rings. The van der Waals surface area contributed by atoms with Crippen LogP contribution in [-0.2, 0) is 6.54 Å². The van der Waals surface area contributed by atoms with Gasteiger partial charge in [0, 0.05) is 42.8 Å². The molecule has 0 radical (unpaired) electrons. The lowest BCUT2D eigenvalue weighted by Gasteiger charge is -2.10.